The molecule has 0 unspecified atom stereocenters. The number of piperidine rings is 2. The van der Waals surface area contributed by atoms with Crippen molar-refractivity contribution < 1.29 is 38.0 Å². The molecule has 0 aromatic carbocycles. The van der Waals surface area contributed by atoms with Crippen LogP contribution in [0.3, 0.4) is 0 Å². The summed E-state index contributed by atoms with van der Waals surface area (Å²) in [5.74, 6) is 3.35. The molecule has 0 aliphatic carbocycles. The Bertz CT molecular complexity index is 3200. The Morgan fingerprint density at radius 3 is 1.73 bits per heavy atom. The highest BCUT2D eigenvalue weighted by atomic mass is 16.6. The van der Waals surface area contributed by atoms with Crippen molar-refractivity contribution in [1.82, 2.24) is 59.1 Å². The molecule has 6 aromatic heterocycles. The third-order valence-corrected chi connectivity index (χ3v) is 13.4. The number of hydrogen-bond acceptors (Lipinski definition) is 20. The molecular formula is C54H70N14O10. The number of ether oxygens (including phenoxy) is 6. The van der Waals surface area contributed by atoms with Gasteiger partial charge in [0.1, 0.15) is 60.3 Å². The maximum absolute atomic E-state index is 13.4. The quantitative estimate of drug-likeness (QED) is 0.137. The molecule has 4 aliphatic rings. The molecule has 0 saturated carbocycles. The number of carbonyl (C=O) groups is 2. The van der Waals surface area contributed by atoms with Crippen LogP contribution in [0.1, 0.15) is 78.6 Å². The van der Waals surface area contributed by atoms with Gasteiger partial charge in [0.15, 0.2) is 34.3 Å². The summed E-state index contributed by atoms with van der Waals surface area (Å²) in [5, 5.41) is 6.23. The van der Waals surface area contributed by atoms with Crippen LogP contribution in [0.2, 0.25) is 0 Å². The summed E-state index contributed by atoms with van der Waals surface area (Å²) in [5.41, 5.74) is 7.83. The fourth-order valence-corrected chi connectivity index (χ4v) is 9.55. The number of hydrogen-bond donors (Lipinski definition) is 3. The third-order valence-electron chi connectivity index (χ3n) is 13.4. The van der Waals surface area contributed by atoms with Gasteiger partial charge in [-0.1, -0.05) is 0 Å². The van der Waals surface area contributed by atoms with Crippen LogP contribution in [0, 0.1) is 0 Å². The van der Waals surface area contributed by atoms with Crippen LogP contribution in [-0.4, -0.2) is 155 Å². The van der Waals surface area contributed by atoms with Crippen LogP contribution in [-0.2, 0) is 35.7 Å². The lowest BCUT2D eigenvalue weighted by atomic mass is 10.0. The highest BCUT2D eigenvalue weighted by Crippen LogP contribution is 2.32. The van der Waals surface area contributed by atoms with Gasteiger partial charge in [0.05, 0.1) is 42.7 Å². The van der Waals surface area contributed by atoms with E-state index in [0.717, 1.165) is 69.9 Å². The standard InChI is InChI=1S/C32H43N7O7.C22H27N7O3/c1-31(2,3)45-29(41)36-26-8-7-23-28(35-26)38(27(40)19-34-23)14-13-37-11-9-22(10-12-37)39(30(42)46-32(4,5)6)20-21-17-24-25(18-33-21)44-16-15-43-24;23-20-2-1-17-22(27-20)29(21(30)14-26-17)8-7-28-5-3-15(4-6-28)24-12-16-11-18-19(13-25-16)32-10-9-31-18/h7-8,17-19,22H,9-16,20H2,1-6H3,(H,35,36,41);1-2,11,13-15,24H,3-10,12H2,(H2,23,27). The van der Waals surface area contributed by atoms with E-state index in [1.807, 2.05) is 32.9 Å². The van der Waals surface area contributed by atoms with Crippen LogP contribution < -0.4 is 46.4 Å². The average molecular weight is 1080 g/mol. The highest BCUT2D eigenvalue weighted by molar-refractivity contribution is 5.85. The Morgan fingerprint density at radius 1 is 0.641 bits per heavy atom. The smallest absolute Gasteiger partial charge is 0.413 e. The third kappa shape index (κ3) is 14.7. The summed E-state index contributed by atoms with van der Waals surface area (Å²) in [6.07, 6.45) is 8.50. The van der Waals surface area contributed by atoms with E-state index in [0.29, 0.717) is 110 Å². The van der Waals surface area contributed by atoms with Crippen molar-refractivity contribution in [3.63, 3.8) is 0 Å². The van der Waals surface area contributed by atoms with E-state index in [1.165, 1.54) is 12.4 Å². The molecule has 2 fully saturated rings. The van der Waals surface area contributed by atoms with Gasteiger partial charge in [0, 0.05) is 70.0 Å². The fraction of sp³-hybridized carbons (Fsp3) is 0.519. The minimum atomic E-state index is -0.662. The summed E-state index contributed by atoms with van der Waals surface area (Å²) in [4.78, 5) is 83.5. The number of pyridine rings is 4. The van der Waals surface area contributed by atoms with Crippen LogP contribution >= 0.6 is 0 Å². The zero-order valence-electron chi connectivity index (χ0n) is 45.2. The zero-order valence-corrected chi connectivity index (χ0v) is 45.2. The lowest BCUT2D eigenvalue weighted by molar-refractivity contribution is 0.00526. The minimum absolute atomic E-state index is 0.0614. The number of aromatic nitrogens is 8. The summed E-state index contributed by atoms with van der Waals surface area (Å²) in [6.45, 7) is 19.6. The largest absolute Gasteiger partial charge is 0.486 e. The number of fused-ring (bicyclic) bond motifs is 4. The molecule has 0 atom stereocenters. The van der Waals surface area contributed by atoms with E-state index < -0.39 is 17.3 Å². The molecule has 4 N–H and O–H groups in total. The molecule has 416 valence electrons. The summed E-state index contributed by atoms with van der Waals surface area (Å²) < 4.78 is 36.8. The molecule has 0 spiro atoms. The van der Waals surface area contributed by atoms with Crippen LogP contribution in [0.4, 0.5) is 21.2 Å². The van der Waals surface area contributed by atoms with E-state index >= 15 is 0 Å². The predicted molar refractivity (Wildman–Crippen MR) is 290 cm³/mol. The van der Waals surface area contributed by atoms with Crippen LogP contribution in [0.15, 0.2) is 70.8 Å². The van der Waals surface area contributed by atoms with Gasteiger partial charge >= 0.3 is 12.2 Å². The molecule has 0 bridgehead atoms. The van der Waals surface area contributed by atoms with Gasteiger partial charge in [0.25, 0.3) is 11.1 Å². The molecule has 10 heterocycles. The number of carbonyl (C=O) groups excluding carboxylic acids is 2. The summed E-state index contributed by atoms with van der Waals surface area (Å²) in [6, 6.07) is 11.0. The Labute approximate surface area is 451 Å². The summed E-state index contributed by atoms with van der Waals surface area (Å²) in [7, 11) is 0. The van der Waals surface area contributed by atoms with E-state index in [1.54, 1.807) is 71.5 Å². The number of likely N-dealkylation sites (tertiary alicyclic amines) is 2. The zero-order chi connectivity index (χ0) is 55.0. The maximum atomic E-state index is 13.4. The molecule has 10 rings (SSSR count). The number of amides is 2. The normalized spacial score (nSPS) is 16.3. The van der Waals surface area contributed by atoms with E-state index in [2.05, 4.69) is 50.3 Å². The summed E-state index contributed by atoms with van der Waals surface area (Å²) >= 11 is 0. The van der Waals surface area contributed by atoms with Crippen molar-refractivity contribution in [2.75, 3.05) is 76.7 Å². The van der Waals surface area contributed by atoms with Gasteiger partial charge < -0.3 is 49.3 Å². The molecule has 6 aromatic rings. The maximum Gasteiger partial charge on any atom is 0.413 e. The first-order valence-electron chi connectivity index (χ1n) is 26.5. The van der Waals surface area contributed by atoms with Crippen molar-refractivity contribution in [3.05, 3.63) is 93.3 Å². The number of nitrogens with two attached hydrogens (primary N) is 1. The molecule has 2 amide bonds. The molecular weight excluding hydrogens is 1000 g/mol. The SMILES string of the molecule is CC(C)(C)OC(=O)Nc1ccc2ncc(=O)n(CCN3CCC(N(Cc4cc5c(cn4)OCCO5)C(=O)OC(C)(C)C)CC3)c2n1.Nc1ccc2ncc(=O)n(CCN3CCC(NCc4cc5c(cn4)OCCO5)CC3)c2n1. The van der Waals surface area contributed by atoms with Crippen molar-refractivity contribution >= 4 is 46.1 Å². The second-order valence-corrected chi connectivity index (χ2v) is 21.6. The van der Waals surface area contributed by atoms with Gasteiger partial charge in [-0.3, -0.25) is 38.9 Å². The van der Waals surface area contributed by atoms with Gasteiger partial charge in [0.2, 0.25) is 0 Å². The lowest BCUT2D eigenvalue weighted by Gasteiger charge is -2.39. The number of anilines is 2. The molecule has 4 aliphatic heterocycles. The average Bonchev–Trinajstić information content (AvgIpc) is 3.43. The van der Waals surface area contributed by atoms with E-state index in [4.69, 9.17) is 34.2 Å². The molecule has 24 heteroatoms. The molecule has 2 saturated heterocycles. The Balaban J connectivity index is 0.000000202. The molecule has 78 heavy (non-hydrogen) atoms. The number of nitrogens with one attached hydrogen (secondary N) is 2. The number of nitrogen functional groups attached to an aromatic ring is 1. The van der Waals surface area contributed by atoms with Crippen molar-refractivity contribution in [2.45, 2.75) is 117 Å². The van der Waals surface area contributed by atoms with Gasteiger partial charge in [-0.05, 0) is 105 Å². The van der Waals surface area contributed by atoms with Crippen molar-refractivity contribution in [1.29, 1.82) is 0 Å². The lowest BCUT2D eigenvalue weighted by Crippen LogP contribution is -2.49. The fourth-order valence-electron chi connectivity index (χ4n) is 9.55. The first-order valence-corrected chi connectivity index (χ1v) is 26.5. The predicted octanol–water partition coefficient (Wildman–Crippen LogP) is 5.00. The molecule has 24 nitrogen and oxygen atoms in total. The number of rotatable bonds is 13. The second-order valence-electron chi connectivity index (χ2n) is 21.6. The van der Waals surface area contributed by atoms with Crippen molar-refractivity contribution in [2.24, 2.45) is 0 Å². The van der Waals surface area contributed by atoms with Crippen molar-refractivity contribution in [3.8, 4) is 23.0 Å². The topological polar surface area (TPSA) is 271 Å². The minimum Gasteiger partial charge on any atom is -0.486 e. The first kappa shape index (κ1) is 55.1. The Morgan fingerprint density at radius 2 is 1.15 bits per heavy atom. The van der Waals surface area contributed by atoms with E-state index in [9.17, 15) is 19.2 Å². The van der Waals surface area contributed by atoms with Gasteiger partial charge in [-0.15, -0.1) is 0 Å². The monoisotopic (exact) mass is 1070 g/mol. The Kier molecular flexibility index (Phi) is 17.2. The van der Waals surface area contributed by atoms with Gasteiger partial charge in [-0.2, -0.15) is 0 Å². The second kappa shape index (κ2) is 24.3. The number of nitrogens with zero attached hydrogens (tertiary/aromatic N) is 11. The van der Waals surface area contributed by atoms with Crippen LogP contribution in [0.25, 0.3) is 22.3 Å². The van der Waals surface area contributed by atoms with Gasteiger partial charge in [-0.25, -0.2) is 29.5 Å². The first-order chi connectivity index (χ1) is 37.4. The highest BCUT2D eigenvalue weighted by Gasteiger charge is 2.32. The van der Waals surface area contributed by atoms with Crippen LogP contribution in [0.5, 0.6) is 23.0 Å². The molecule has 0 radical (unpaired) electrons. The van der Waals surface area contributed by atoms with E-state index in [-0.39, 0.29) is 35.6 Å². The Hall–Kier alpha value is -7.70.